The molecule has 1 aliphatic heterocycles. The standard InChI is InChI=1S/C23H31N3O3/c1-17(2)22(26-20-9-12-28-13-10-20)23(27)25-14-19-8-11-24-15-21(19)29-16-18-6-4-3-5-7-18/h3-8,11,15,17,20,22,26H,9-10,12-14,16H2,1-2H3,(H,25,27). The van der Waals surface area contributed by atoms with E-state index < -0.39 is 0 Å². The van der Waals surface area contributed by atoms with E-state index in [4.69, 9.17) is 9.47 Å². The van der Waals surface area contributed by atoms with Crippen LogP contribution in [0.5, 0.6) is 5.75 Å². The van der Waals surface area contributed by atoms with Gasteiger partial charge in [-0.15, -0.1) is 0 Å². The fraction of sp³-hybridized carbons (Fsp3) is 0.478. The zero-order valence-electron chi connectivity index (χ0n) is 17.3. The highest BCUT2D eigenvalue weighted by molar-refractivity contribution is 5.82. The number of hydrogen-bond donors (Lipinski definition) is 2. The Kier molecular flexibility index (Phi) is 8.02. The molecule has 0 bridgehead atoms. The summed E-state index contributed by atoms with van der Waals surface area (Å²) in [7, 11) is 0. The average molecular weight is 398 g/mol. The van der Waals surface area contributed by atoms with E-state index in [9.17, 15) is 4.79 Å². The Morgan fingerprint density at radius 3 is 2.69 bits per heavy atom. The summed E-state index contributed by atoms with van der Waals surface area (Å²) in [5.74, 6) is 0.900. The Bertz CT molecular complexity index is 761. The fourth-order valence-corrected chi connectivity index (χ4v) is 3.40. The zero-order valence-corrected chi connectivity index (χ0v) is 17.3. The van der Waals surface area contributed by atoms with E-state index in [0.29, 0.717) is 24.9 Å². The van der Waals surface area contributed by atoms with Crippen molar-refractivity contribution in [3.63, 3.8) is 0 Å². The number of aromatic nitrogens is 1. The van der Waals surface area contributed by atoms with E-state index in [2.05, 4.69) is 29.5 Å². The number of amides is 1. The Hall–Kier alpha value is -2.44. The lowest BCUT2D eigenvalue weighted by Crippen LogP contribution is -2.52. The maximum Gasteiger partial charge on any atom is 0.237 e. The van der Waals surface area contributed by atoms with E-state index in [1.807, 2.05) is 36.4 Å². The molecular formula is C23H31N3O3. The van der Waals surface area contributed by atoms with Crippen molar-refractivity contribution in [3.8, 4) is 5.75 Å². The van der Waals surface area contributed by atoms with Crippen molar-refractivity contribution in [2.75, 3.05) is 13.2 Å². The zero-order chi connectivity index (χ0) is 20.5. The van der Waals surface area contributed by atoms with Crippen molar-refractivity contribution < 1.29 is 14.3 Å². The molecule has 2 N–H and O–H groups in total. The molecule has 0 saturated carbocycles. The minimum absolute atomic E-state index is 0.0114. The number of hydrogen-bond acceptors (Lipinski definition) is 5. The number of carbonyl (C=O) groups excluding carboxylic acids is 1. The van der Waals surface area contributed by atoms with Crippen molar-refractivity contribution in [1.82, 2.24) is 15.6 Å². The van der Waals surface area contributed by atoms with Crippen molar-refractivity contribution in [3.05, 3.63) is 59.9 Å². The van der Waals surface area contributed by atoms with Gasteiger partial charge in [0, 0.05) is 37.6 Å². The summed E-state index contributed by atoms with van der Waals surface area (Å²) in [6.45, 7) is 6.51. The first kappa shape index (κ1) is 21.3. The number of pyridine rings is 1. The van der Waals surface area contributed by atoms with E-state index in [-0.39, 0.29) is 17.9 Å². The van der Waals surface area contributed by atoms with Crippen LogP contribution in [-0.2, 0) is 22.7 Å². The molecule has 1 aromatic carbocycles. The van der Waals surface area contributed by atoms with Crippen LogP contribution in [0.25, 0.3) is 0 Å². The molecule has 6 nitrogen and oxygen atoms in total. The van der Waals surface area contributed by atoms with Crippen LogP contribution in [0.4, 0.5) is 0 Å². The Labute approximate surface area is 173 Å². The average Bonchev–Trinajstić information content (AvgIpc) is 2.76. The summed E-state index contributed by atoms with van der Waals surface area (Å²) in [4.78, 5) is 17.0. The number of rotatable bonds is 9. The molecule has 2 aromatic rings. The highest BCUT2D eigenvalue weighted by atomic mass is 16.5. The summed E-state index contributed by atoms with van der Waals surface area (Å²) in [5, 5.41) is 6.59. The summed E-state index contributed by atoms with van der Waals surface area (Å²) < 4.78 is 11.4. The highest BCUT2D eigenvalue weighted by Crippen LogP contribution is 2.18. The second kappa shape index (κ2) is 10.9. The second-order valence-electron chi connectivity index (χ2n) is 7.75. The van der Waals surface area contributed by atoms with Crippen molar-refractivity contribution >= 4 is 5.91 Å². The van der Waals surface area contributed by atoms with Gasteiger partial charge >= 0.3 is 0 Å². The molecule has 1 unspecified atom stereocenters. The molecule has 0 spiro atoms. The molecule has 2 heterocycles. The van der Waals surface area contributed by atoms with Gasteiger partial charge in [0.1, 0.15) is 12.4 Å². The summed E-state index contributed by atoms with van der Waals surface area (Å²) >= 11 is 0. The highest BCUT2D eigenvalue weighted by Gasteiger charge is 2.26. The van der Waals surface area contributed by atoms with Crippen LogP contribution in [0, 0.1) is 5.92 Å². The molecule has 1 saturated heterocycles. The maximum atomic E-state index is 12.9. The van der Waals surface area contributed by atoms with Gasteiger partial charge in [0.15, 0.2) is 0 Å². The van der Waals surface area contributed by atoms with E-state index >= 15 is 0 Å². The normalized spacial score (nSPS) is 15.8. The summed E-state index contributed by atoms with van der Waals surface area (Å²) in [5.41, 5.74) is 2.00. The molecule has 3 rings (SSSR count). The number of nitrogens with one attached hydrogen (secondary N) is 2. The third kappa shape index (κ3) is 6.54. The molecule has 1 atom stereocenters. The van der Waals surface area contributed by atoms with Crippen molar-refractivity contribution in [2.24, 2.45) is 5.92 Å². The van der Waals surface area contributed by atoms with Gasteiger partial charge in [-0.2, -0.15) is 0 Å². The van der Waals surface area contributed by atoms with E-state index in [0.717, 1.165) is 37.2 Å². The van der Waals surface area contributed by atoms with Gasteiger partial charge in [-0.05, 0) is 30.4 Å². The SMILES string of the molecule is CC(C)C(NC1CCOCC1)C(=O)NCc1ccncc1OCc1ccccc1. The first-order valence-corrected chi connectivity index (χ1v) is 10.3. The second-order valence-corrected chi connectivity index (χ2v) is 7.75. The lowest BCUT2D eigenvalue weighted by molar-refractivity contribution is -0.124. The quantitative estimate of drug-likeness (QED) is 0.680. The molecule has 0 aliphatic carbocycles. The molecule has 1 aliphatic rings. The topological polar surface area (TPSA) is 72.5 Å². The molecule has 1 amide bonds. The first-order chi connectivity index (χ1) is 14.1. The third-order valence-corrected chi connectivity index (χ3v) is 5.15. The summed E-state index contributed by atoms with van der Waals surface area (Å²) in [6.07, 6.45) is 5.30. The molecule has 1 aromatic heterocycles. The molecular weight excluding hydrogens is 366 g/mol. The fourth-order valence-electron chi connectivity index (χ4n) is 3.40. The van der Waals surface area contributed by atoms with E-state index in [1.165, 1.54) is 0 Å². The first-order valence-electron chi connectivity index (χ1n) is 10.3. The predicted molar refractivity (Wildman–Crippen MR) is 112 cm³/mol. The lowest BCUT2D eigenvalue weighted by Gasteiger charge is -2.30. The number of benzene rings is 1. The van der Waals surface area contributed by atoms with Crippen LogP contribution < -0.4 is 15.4 Å². The van der Waals surface area contributed by atoms with Gasteiger partial charge in [-0.3, -0.25) is 9.78 Å². The van der Waals surface area contributed by atoms with Crippen LogP contribution in [0.1, 0.15) is 37.8 Å². The minimum atomic E-state index is -0.228. The minimum Gasteiger partial charge on any atom is -0.487 e. The van der Waals surface area contributed by atoms with Crippen LogP contribution >= 0.6 is 0 Å². The summed E-state index contributed by atoms with van der Waals surface area (Å²) in [6, 6.07) is 12.0. The van der Waals surface area contributed by atoms with Gasteiger partial charge in [0.25, 0.3) is 0 Å². The molecule has 1 fully saturated rings. The van der Waals surface area contributed by atoms with Crippen LogP contribution in [0.2, 0.25) is 0 Å². The number of nitrogens with zero attached hydrogens (tertiary/aromatic N) is 1. The number of ether oxygens (including phenoxy) is 2. The Morgan fingerprint density at radius 2 is 1.97 bits per heavy atom. The third-order valence-electron chi connectivity index (χ3n) is 5.15. The largest absolute Gasteiger partial charge is 0.487 e. The van der Waals surface area contributed by atoms with Crippen molar-refractivity contribution in [1.29, 1.82) is 0 Å². The molecule has 0 radical (unpaired) electrons. The van der Waals surface area contributed by atoms with Gasteiger partial charge in [0.2, 0.25) is 5.91 Å². The van der Waals surface area contributed by atoms with Crippen LogP contribution in [0.15, 0.2) is 48.8 Å². The van der Waals surface area contributed by atoms with Gasteiger partial charge in [-0.25, -0.2) is 0 Å². The number of carbonyl (C=O) groups is 1. The predicted octanol–water partition coefficient (Wildman–Crippen LogP) is 3.07. The van der Waals surface area contributed by atoms with E-state index in [1.54, 1.807) is 12.4 Å². The van der Waals surface area contributed by atoms with Crippen LogP contribution in [0.3, 0.4) is 0 Å². The lowest BCUT2D eigenvalue weighted by atomic mass is 10.00. The maximum absolute atomic E-state index is 12.9. The Morgan fingerprint density at radius 1 is 1.21 bits per heavy atom. The van der Waals surface area contributed by atoms with Gasteiger partial charge in [-0.1, -0.05) is 44.2 Å². The smallest absolute Gasteiger partial charge is 0.237 e. The molecule has 6 heteroatoms. The Balaban J connectivity index is 1.57. The van der Waals surface area contributed by atoms with Gasteiger partial charge in [0.05, 0.1) is 12.2 Å². The molecule has 29 heavy (non-hydrogen) atoms. The van der Waals surface area contributed by atoms with Gasteiger partial charge < -0.3 is 20.1 Å². The van der Waals surface area contributed by atoms with Crippen molar-refractivity contribution in [2.45, 2.75) is 51.9 Å². The molecule has 156 valence electrons. The van der Waals surface area contributed by atoms with Crippen LogP contribution in [-0.4, -0.2) is 36.2 Å². The monoisotopic (exact) mass is 397 g/mol.